The molecule has 4 rings (SSSR count). The number of carbonyl (C=O) groups is 8. The molecule has 1 saturated heterocycles. The van der Waals surface area contributed by atoms with Crippen LogP contribution in [0, 0.1) is 11.8 Å². The summed E-state index contributed by atoms with van der Waals surface area (Å²) < 4.78 is 23.0. The number of amides is 3. The molecule has 0 saturated carbocycles. The number of ether oxygens (including phenoxy) is 4. The molecule has 0 unspecified atom stereocenters. The first-order valence-electron chi connectivity index (χ1n) is 24.4. The van der Waals surface area contributed by atoms with E-state index in [-0.39, 0.29) is 38.1 Å². The zero-order chi connectivity index (χ0) is 52.4. The maximum absolute atomic E-state index is 14.5. The lowest BCUT2D eigenvalue weighted by Crippen LogP contribution is -2.55. The van der Waals surface area contributed by atoms with Crippen LogP contribution in [0.5, 0.6) is 0 Å². The Labute approximate surface area is 417 Å². The van der Waals surface area contributed by atoms with Crippen LogP contribution in [-0.2, 0) is 76.6 Å². The second kappa shape index (κ2) is 27.7. The second-order valence-corrected chi connectivity index (χ2v) is 18.7. The minimum absolute atomic E-state index is 0.0157. The average molecular weight is 985 g/mol. The molecule has 3 aromatic rings. The lowest BCUT2D eigenvalue weighted by atomic mass is 9.96. The smallest absolute Gasteiger partial charge is 0.344 e. The van der Waals surface area contributed by atoms with Crippen molar-refractivity contribution >= 4 is 47.6 Å². The summed E-state index contributed by atoms with van der Waals surface area (Å²) in [6.07, 6.45) is -3.63. The van der Waals surface area contributed by atoms with E-state index in [4.69, 9.17) is 18.9 Å². The first-order valence-corrected chi connectivity index (χ1v) is 24.4. The zero-order valence-corrected chi connectivity index (χ0v) is 42.5. The van der Waals surface area contributed by atoms with Crippen LogP contribution < -0.4 is 5.32 Å². The van der Waals surface area contributed by atoms with Crippen molar-refractivity contribution in [2.45, 2.75) is 141 Å². The highest BCUT2D eigenvalue weighted by molar-refractivity contribution is 5.93. The highest BCUT2D eigenvalue weighted by atomic mass is 16.6. The molecule has 0 spiro atoms. The van der Waals surface area contributed by atoms with Crippen molar-refractivity contribution in [2.24, 2.45) is 11.8 Å². The Morgan fingerprint density at radius 2 is 1.17 bits per heavy atom. The number of nitrogens with one attached hydrogen (secondary N) is 1. The number of hydrogen-bond acceptors (Lipinski definition) is 13. The molecule has 1 fully saturated rings. The van der Waals surface area contributed by atoms with E-state index in [1.54, 1.807) is 68.6 Å². The molecule has 17 heteroatoms. The van der Waals surface area contributed by atoms with Crippen LogP contribution in [0.4, 0.5) is 0 Å². The number of nitrogens with zero attached hydrogens (tertiary/aromatic N) is 3. The SMILES string of the molecule is CC[C@H](C)[C@@H](C(=O)O[C@H](C)C(=O)N(C)[C@@H](CC(C)C)C(=O)O[C@H](Cc1ccccc1)C(=O)N1CCCC[C@H]1C(=O)O[C@H](C)C(=O)O)N(C)C(=O)[C@@H](Cc1ccccc1)OC(=O)[C@H](Cc1ccccc1)NC. The largest absolute Gasteiger partial charge is 0.479 e. The molecule has 1 heterocycles. The van der Waals surface area contributed by atoms with E-state index >= 15 is 0 Å². The Hall–Kier alpha value is -6.62. The maximum Gasteiger partial charge on any atom is 0.344 e. The van der Waals surface area contributed by atoms with Crippen molar-refractivity contribution in [3.63, 3.8) is 0 Å². The summed E-state index contributed by atoms with van der Waals surface area (Å²) in [6, 6.07) is 22.8. The number of likely N-dealkylation sites (N-methyl/N-ethyl adjacent to an activating group) is 3. The van der Waals surface area contributed by atoms with Crippen LogP contribution >= 0.6 is 0 Å². The molecule has 9 atom stereocenters. The van der Waals surface area contributed by atoms with Crippen LogP contribution in [-0.4, -0.2) is 144 Å². The molecule has 3 amide bonds. The summed E-state index contributed by atoms with van der Waals surface area (Å²) in [5, 5.41) is 12.4. The van der Waals surface area contributed by atoms with Gasteiger partial charge in [0.15, 0.2) is 24.4 Å². The summed E-state index contributed by atoms with van der Waals surface area (Å²) in [7, 11) is 4.43. The number of esters is 4. The van der Waals surface area contributed by atoms with Gasteiger partial charge in [0.2, 0.25) is 0 Å². The van der Waals surface area contributed by atoms with E-state index in [9.17, 15) is 43.5 Å². The molecule has 71 heavy (non-hydrogen) atoms. The van der Waals surface area contributed by atoms with E-state index in [2.05, 4.69) is 5.32 Å². The predicted molar refractivity (Wildman–Crippen MR) is 263 cm³/mol. The quantitative estimate of drug-likeness (QED) is 0.0825. The van der Waals surface area contributed by atoms with Crippen LogP contribution in [0.3, 0.4) is 0 Å². The van der Waals surface area contributed by atoms with Crippen LogP contribution in [0.2, 0.25) is 0 Å². The Morgan fingerprint density at radius 3 is 1.68 bits per heavy atom. The number of rotatable bonds is 25. The fraction of sp³-hybridized carbons (Fsp3) is 0.519. The first-order chi connectivity index (χ1) is 33.8. The molecule has 386 valence electrons. The van der Waals surface area contributed by atoms with Gasteiger partial charge in [-0.1, -0.05) is 125 Å². The summed E-state index contributed by atoms with van der Waals surface area (Å²) >= 11 is 0. The van der Waals surface area contributed by atoms with E-state index in [0.29, 0.717) is 36.8 Å². The average Bonchev–Trinajstić information content (AvgIpc) is 3.36. The number of carbonyl (C=O) groups excluding carboxylic acids is 7. The van der Waals surface area contributed by atoms with Crippen molar-refractivity contribution < 1.29 is 62.4 Å². The van der Waals surface area contributed by atoms with Crippen molar-refractivity contribution in [3.05, 3.63) is 108 Å². The van der Waals surface area contributed by atoms with Gasteiger partial charge in [0.1, 0.15) is 24.2 Å². The lowest BCUT2D eigenvalue weighted by molar-refractivity contribution is -0.176. The van der Waals surface area contributed by atoms with Gasteiger partial charge in [0.25, 0.3) is 17.7 Å². The van der Waals surface area contributed by atoms with Gasteiger partial charge >= 0.3 is 29.8 Å². The molecule has 0 aliphatic carbocycles. The molecule has 3 aromatic carbocycles. The second-order valence-electron chi connectivity index (χ2n) is 18.7. The van der Waals surface area contributed by atoms with Crippen molar-refractivity contribution in [1.82, 2.24) is 20.0 Å². The summed E-state index contributed by atoms with van der Waals surface area (Å²) in [5.41, 5.74) is 2.25. The van der Waals surface area contributed by atoms with Crippen LogP contribution in [0.1, 0.15) is 90.3 Å². The molecule has 0 radical (unpaired) electrons. The predicted octanol–water partition coefficient (Wildman–Crippen LogP) is 5.20. The third-order valence-corrected chi connectivity index (χ3v) is 12.8. The van der Waals surface area contributed by atoms with E-state index < -0.39 is 102 Å². The molecular weight excluding hydrogens is 913 g/mol. The van der Waals surface area contributed by atoms with Crippen molar-refractivity contribution in [3.8, 4) is 0 Å². The van der Waals surface area contributed by atoms with Crippen LogP contribution in [0.15, 0.2) is 91.0 Å². The first kappa shape index (κ1) is 57.0. The van der Waals surface area contributed by atoms with Gasteiger partial charge in [-0.3, -0.25) is 19.2 Å². The standard InChI is InChI=1S/C54H72N4O13/c1-10-35(4)46(57(9)48(60)44(32-39-24-16-12-17-25-39)70-51(64)41(55-7)31-38-22-14-11-15-23-38)54(67)68-36(5)47(59)56(8)43(30-34(2)3)53(66)71-45(33-40-26-18-13-19-27-40)49(61)58-29-21-20-28-42(58)52(65)69-37(6)50(62)63/h11-19,22-27,34-37,41-46,55H,10,20-21,28-33H2,1-9H3,(H,62,63)/t35-,36+,37+,41-,42-,43-,44+,45+,46-/m0/s1. The molecule has 1 aliphatic heterocycles. The van der Waals surface area contributed by atoms with Gasteiger partial charge in [0, 0.05) is 33.5 Å². The Kier molecular flexibility index (Phi) is 22.2. The summed E-state index contributed by atoms with van der Waals surface area (Å²) in [6.45, 7) is 9.97. The maximum atomic E-state index is 14.5. The number of aliphatic carboxylic acids is 1. The van der Waals surface area contributed by atoms with Gasteiger partial charge in [-0.2, -0.15) is 0 Å². The van der Waals surface area contributed by atoms with E-state index in [1.165, 1.54) is 37.7 Å². The van der Waals surface area contributed by atoms with Gasteiger partial charge in [0.05, 0.1) is 0 Å². The van der Waals surface area contributed by atoms with Crippen molar-refractivity contribution in [1.29, 1.82) is 0 Å². The number of carboxylic acids is 1. The van der Waals surface area contributed by atoms with Gasteiger partial charge in [-0.05, 0) is 81.5 Å². The van der Waals surface area contributed by atoms with E-state index in [1.807, 2.05) is 57.2 Å². The van der Waals surface area contributed by atoms with Crippen LogP contribution in [0.25, 0.3) is 0 Å². The highest BCUT2D eigenvalue weighted by Gasteiger charge is 2.43. The molecular formula is C54H72N4O13. The monoisotopic (exact) mass is 985 g/mol. The molecule has 0 aromatic heterocycles. The summed E-state index contributed by atoms with van der Waals surface area (Å²) in [5.74, 6) is -7.45. The number of benzene rings is 3. The number of carboxylic acid groups (broad SMARTS) is 1. The highest BCUT2D eigenvalue weighted by Crippen LogP contribution is 2.25. The number of hydrogen-bond donors (Lipinski definition) is 2. The molecule has 1 aliphatic rings. The summed E-state index contributed by atoms with van der Waals surface area (Å²) in [4.78, 5) is 114. The minimum Gasteiger partial charge on any atom is -0.479 e. The Balaban J connectivity index is 1.56. The van der Waals surface area contributed by atoms with Crippen molar-refractivity contribution in [2.75, 3.05) is 27.7 Å². The minimum atomic E-state index is -1.47. The number of likely N-dealkylation sites (tertiary alicyclic amines) is 1. The third-order valence-electron chi connectivity index (χ3n) is 12.8. The van der Waals surface area contributed by atoms with Gasteiger partial charge < -0.3 is 44.1 Å². The molecule has 2 N–H and O–H groups in total. The molecule has 17 nitrogen and oxygen atoms in total. The Bertz CT molecular complexity index is 2240. The van der Waals surface area contributed by atoms with Gasteiger partial charge in [-0.15, -0.1) is 0 Å². The molecule has 0 bridgehead atoms. The van der Waals surface area contributed by atoms with Gasteiger partial charge in [-0.25, -0.2) is 19.2 Å². The number of piperidine rings is 1. The Morgan fingerprint density at radius 1 is 0.648 bits per heavy atom. The third kappa shape index (κ3) is 16.5. The fourth-order valence-corrected chi connectivity index (χ4v) is 8.49. The van der Waals surface area contributed by atoms with E-state index in [0.717, 1.165) is 10.5 Å². The normalized spacial score (nSPS) is 16.9. The zero-order valence-electron chi connectivity index (χ0n) is 42.5. The topological polar surface area (TPSA) is 215 Å². The lowest BCUT2D eigenvalue weighted by Gasteiger charge is -2.37. The fourth-order valence-electron chi connectivity index (χ4n) is 8.49.